The van der Waals surface area contributed by atoms with Crippen molar-refractivity contribution in [3.05, 3.63) is 101 Å². The maximum Gasteiger partial charge on any atom is 0.336 e. The Kier molecular flexibility index (Phi) is 5.76. The van der Waals surface area contributed by atoms with E-state index in [1.807, 2.05) is 36.4 Å². The number of fused-ring (bicyclic) bond motifs is 1. The number of nitrogens with zero attached hydrogens (tertiary/aromatic N) is 2. The summed E-state index contributed by atoms with van der Waals surface area (Å²) in [6, 6.07) is 22.9. The first-order valence-electron chi connectivity index (χ1n) is 10.8. The van der Waals surface area contributed by atoms with Gasteiger partial charge in [-0.25, -0.2) is 9.48 Å². The molecule has 5 aromatic rings. The first kappa shape index (κ1) is 22.0. The molecule has 8 nitrogen and oxygen atoms in total. The zero-order valence-electron chi connectivity index (χ0n) is 19.0. The standard InChI is InChI=1S/C27H21N3O5/c1-33-20-10-11-21(24(15-20)34-2)26-22(16-30(29-26)19-6-4-3-5-7-19)27(32)28-18-9-12-23-17(14-18)8-13-25(31)35-23/h3-16H,1-2H3,(H,28,32). The van der Waals surface area contributed by atoms with Crippen molar-refractivity contribution in [1.29, 1.82) is 0 Å². The minimum atomic E-state index is -0.430. The lowest BCUT2D eigenvalue weighted by Gasteiger charge is -2.10. The van der Waals surface area contributed by atoms with Crippen molar-refractivity contribution >= 4 is 22.6 Å². The summed E-state index contributed by atoms with van der Waals surface area (Å²) in [6.45, 7) is 0. The van der Waals surface area contributed by atoms with Crippen LogP contribution in [-0.2, 0) is 0 Å². The third kappa shape index (κ3) is 4.37. The number of rotatable bonds is 6. The van der Waals surface area contributed by atoms with Crippen molar-refractivity contribution < 1.29 is 18.7 Å². The molecule has 5 rings (SSSR count). The Balaban J connectivity index is 1.58. The van der Waals surface area contributed by atoms with Gasteiger partial charge in [0.05, 0.1) is 25.5 Å². The monoisotopic (exact) mass is 467 g/mol. The Bertz CT molecular complexity index is 1590. The molecule has 0 spiro atoms. The zero-order valence-corrected chi connectivity index (χ0v) is 19.0. The Labute approximate surface area is 200 Å². The van der Waals surface area contributed by atoms with Crippen molar-refractivity contribution in [2.45, 2.75) is 0 Å². The molecule has 8 heteroatoms. The number of para-hydroxylation sites is 1. The van der Waals surface area contributed by atoms with Crippen LogP contribution < -0.4 is 20.4 Å². The topological polar surface area (TPSA) is 95.6 Å². The molecule has 0 saturated carbocycles. The number of anilines is 1. The summed E-state index contributed by atoms with van der Waals surface area (Å²) in [7, 11) is 3.13. The van der Waals surface area contributed by atoms with Gasteiger partial charge in [0, 0.05) is 35.0 Å². The van der Waals surface area contributed by atoms with Gasteiger partial charge in [-0.05, 0) is 48.5 Å². The first-order chi connectivity index (χ1) is 17.1. The molecule has 2 heterocycles. The summed E-state index contributed by atoms with van der Waals surface area (Å²) in [4.78, 5) is 24.9. The third-order valence-corrected chi connectivity index (χ3v) is 5.52. The van der Waals surface area contributed by atoms with Gasteiger partial charge in [0.25, 0.3) is 5.91 Å². The summed E-state index contributed by atoms with van der Waals surface area (Å²) in [5, 5.41) is 8.34. The van der Waals surface area contributed by atoms with Crippen molar-refractivity contribution in [2.24, 2.45) is 0 Å². The number of ether oxygens (including phenoxy) is 2. The Morgan fingerprint density at radius 2 is 1.77 bits per heavy atom. The van der Waals surface area contributed by atoms with Crippen molar-refractivity contribution in [2.75, 3.05) is 19.5 Å². The van der Waals surface area contributed by atoms with Gasteiger partial charge in [-0.2, -0.15) is 5.10 Å². The molecule has 0 aliphatic heterocycles. The van der Waals surface area contributed by atoms with E-state index in [9.17, 15) is 9.59 Å². The van der Waals surface area contributed by atoms with Crippen LogP contribution in [0.15, 0.2) is 94.3 Å². The number of benzene rings is 3. The number of amides is 1. The molecule has 35 heavy (non-hydrogen) atoms. The van der Waals surface area contributed by atoms with Crippen LogP contribution in [0.5, 0.6) is 11.5 Å². The number of nitrogens with one attached hydrogen (secondary N) is 1. The zero-order chi connectivity index (χ0) is 24.4. The van der Waals surface area contributed by atoms with Gasteiger partial charge in [-0.15, -0.1) is 0 Å². The van der Waals surface area contributed by atoms with Crippen LogP contribution >= 0.6 is 0 Å². The van der Waals surface area contributed by atoms with E-state index in [0.717, 1.165) is 5.69 Å². The molecule has 0 aliphatic rings. The molecule has 1 N–H and O–H groups in total. The highest BCUT2D eigenvalue weighted by molar-refractivity contribution is 6.09. The van der Waals surface area contributed by atoms with Crippen molar-refractivity contribution in [3.63, 3.8) is 0 Å². The van der Waals surface area contributed by atoms with Gasteiger partial charge >= 0.3 is 5.63 Å². The van der Waals surface area contributed by atoms with Gasteiger partial charge < -0.3 is 19.2 Å². The van der Waals surface area contributed by atoms with Gasteiger partial charge in [0.15, 0.2) is 0 Å². The van der Waals surface area contributed by atoms with E-state index in [1.165, 1.54) is 6.07 Å². The fourth-order valence-electron chi connectivity index (χ4n) is 3.79. The Morgan fingerprint density at radius 3 is 2.54 bits per heavy atom. The molecule has 0 radical (unpaired) electrons. The molecule has 0 aliphatic carbocycles. The van der Waals surface area contributed by atoms with Crippen LogP contribution in [0.3, 0.4) is 0 Å². The normalized spacial score (nSPS) is 10.8. The first-order valence-corrected chi connectivity index (χ1v) is 10.8. The smallest absolute Gasteiger partial charge is 0.336 e. The van der Waals surface area contributed by atoms with Crippen LogP contribution in [0.4, 0.5) is 5.69 Å². The molecule has 174 valence electrons. The highest BCUT2D eigenvalue weighted by atomic mass is 16.5. The molecule has 3 aromatic carbocycles. The van der Waals surface area contributed by atoms with E-state index in [1.54, 1.807) is 61.5 Å². The van der Waals surface area contributed by atoms with Crippen LogP contribution in [0.2, 0.25) is 0 Å². The second-order valence-electron chi connectivity index (χ2n) is 7.70. The quantitative estimate of drug-likeness (QED) is 0.356. The SMILES string of the molecule is COc1ccc(-c2nn(-c3ccccc3)cc2C(=O)Nc2ccc3oc(=O)ccc3c2)c(OC)c1. The third-order valence-electron chi connectivity index (χ3n) is 5.52. The predicted molar refractivity (Wildman–Crippen MR) is 133 cm³/mol. The van der Waals surface area contributed by atoms with E-state index >= 15 is 0 Å². The summed E-state index contributed by atoms with van der Waals surface area (Å²) < 4.78 is 17.7. The largest absolute Gasteiger partial charge is 0.497 e. The van der Waals surface area contributed by atoms with E-state index in [2.05, 4.69) is 5.32 Å². The average molecular weight is 467 g/mol. The highest BCUT2D eigenvalue weighted by Crippen LogP contribution is 2.35. The lowest BCUT2D eigenvalue weighted by Crippen LogP contribution is -2.12. The summed E-state index contributed by atoms with van der Waals surface area (Å²) in [5.74, 6) is 0.802. The summed E-state index contributed by atoms with van der Waals surface area (Å²) >= 11 is 0. The van der Waals surface area contributed by atoms with Gasteiger partial charge in [0.1, 0.15) is 22.8 Å². The van der Waals surface area contributed by atoms with Gasteiger partial charge in [0.2, 0.25) is 0 Å². The number of hydrogen-bond donors (Lipinski definition) is 1. The van der Waals surface area contributed by atoms with Crippen LogP contribution in [0.25, 0.3) is 27.9 Å². The maximum atomic E-state index is 13.5. The number of carbonyl (C=O) groups is 1. The molecule has 0 fully saturated rings. The number of methoxy groups -OCH3 is 2. The van der Waals surface area contributed by atoms with Crippen LogP contribution in [0.1, 0.15) is 10.4 Å². The van der Waals surface area contributed by atoms with E-state index in [-0.39, 0.29) is 5.91 Å². The highest BCUT2D eigenvalue weighted by Gasteiger charge is 2.22. The second kappa shape index (κ2) is 9.18. The average Bonchev–Trinajstić information content (AvgIpc) is 3.34. The molecule has 0 bridgehead atoms. The molecule has 2 aromatic heterocycles. The molecule has 0 unspecified atom stereocenters. The second-order valence-corrected chi connectivity index (χ2v) is 7.70. The molecular weight excluding hydrogens is 446 g/mol. The summed E-state index contributed by atoms with van der Waals surface area (Å²) in [6.07, 6.45) is 1.68. The minimum Gasteiger partial charge on any atom is -0.497 e. The van der Waals surface area contributed by atoms with Crippen molar-refractivity contribution in [1.82, 2.24) is 9.78 Å². The van der Waals surface area contributed by atoms with Crippen molar-refractivity contribution in [3.8, 4) is 28.4 Å². The van der Waals surface area contributed by atoms with E-state index in [0.29, 0.717) is 45.0 Å². The predicted octanol–water partition coefficient (Wildman–Crippen LogP) is 4.92. The number of hydrogen-bond acceptors (Lipinski definition) is 6. The fraction of sp³-hybridized carbons (Fsp3) is 0.0741. The number of carbonyl (C=O) groups excluding carboxylic acids is 1. The molecule has 0 atom stereocenters. The fourth-order valence-corrected chi connectivity index (χ4v) is 3.79. The maximum absolute atomic E-state index is 13.5. The molecular formula is C27H21N3O5. The lowest BCUT2D eigenvalue weighted by atomic mass is 10.1. The lowest BCUT2D eigenvalue weighted by molar-refractivity contribution is 0.102. The Morgan fingerprint density at radius 1 is 0.943 bits per heavy atom. The molecule has 0 saturated heterocycles. The van der Waals surface area contributed by atoms with Crippen LogP contribution in [-0.4, -0.2) is 29.9 Å². The van der Waals surface area contributed by atoms with Gasteiger partial charge in [-0.3, -0.25) is 4.79 Å². The van der Waals surface area contributed by atoms with Crippen LogP contribution in [0, 0.1) is 0 Å². The molecule has 1 amide bonds. The van der Waals surface area contributed by atoms with E-state index in [4.69, 9.17) is 19.0 Å². The van der Waals surface area contributed by atoms with Gasteiger partial charge in [-0.1, -0.05) is 18.2 Å². The minimum absolute atomic E-state index is 0.350. The number of aromatic nitrogens is 2. The summed E-state index contributed by atoms with van der Waals surface area (Å²) in [5.41, 5.74) is 2.83. The van der Waals surface area contributed by atoms with E-state index < -0.39 is 5.63 Å². The Hall–Kier alpha value is -4.85.